The third kappa shape index (κ3) is 5.80. The minimum absolute atomic E-state index is 0.119. The van der Waals surface area contributed by atoms with Crippen LogP contribution in [0.25, 0.3) is 0 Å². The highest BCUT2D eigenvalue weighted by atomic mass is 32.1. The summed E-state index contributed by atoms with van der Waals surface area (Å²) in [5, 5.41) is 5.96. The lowest BCUT2D eigenvalue weighted by molar-refractivity contribution is -0.126. The number of hydrogen-bond acceptors (Lipinski definition) is 4. The first-order valence-corrected chi connectivity index (χ1v) is 8.22. The van der Waals surface area contributed by atoms with Crippen molar-refractivity contribution < 1.29 is 14.3 Å². The maximum Gasteiger partial charge on any atom is 0.231 e. The fourth-order valence-electron chi connectivity index (χ4n) is 2.05. The molecule has 1 aliphatic heterocycles. The monoisotopic (exact) mass is 336 g/mol. The highest BCUT2D eigenvalue weighted by molar-refractivity contribution is 7.80. The molecule has 0 aromatic heterocycles. The third-order valence-corrected chi connectivity index (χ3v) is 3.68. The van der Waals surface area contributed by atoms with Crippen LogP contribution in [0, 0.1) is 5.41 Å². The number of anilines is 1. The first kappa shape index (κ1) is 17.7. The number of thiocarbonyl (C=S) groups is 1. The molecule has 1 fully saturated rings. The molecule has 1 aromatic rings. The molecule has 126 valence electrons. The molecule has 0 aliphatic carbocycles. The van der Waals surface area contributed by atoms with Gasteiger partial charge in [-0.2, -0.15) is 0 Å². The van der Waals surface area contributed by atoms with Crippen LogP contribution in [-0.4, -0.2) is 30.3 Å². The highest BCUT2D eigenvalue weighted by Gasteiger charge is 2.22. The average molecular weight is 336 g/mol. The Bertz CT molecular complexity index is 546. The zero-order valence-electron chi connectivity index (χ0n) is 13.8. The second-order valence-electron chi connectivity index (χ2n) is 6.63. The molecule has 2 rings (SSSR count). The average Bonchev–Trinajstić information content (AvgIpc) is 2.98. The van der Waals surface area contributed by atoms with Gasteiger partial charge in [0.2, 0.25) is 5.91 Å². The van der Waals surface area contributed by atoms with Gasteiger partial charge in [0.15, 0.2) is 5.11 Å². The Morgan fingerprint density at radius 1 is 1.35 bits per heavy atom. The Hall–Kier alpha value is -1.66. The highest BCUT2D eigenvalue weighted by Crippen LogP contribution is 2.18. The molecule has 0 saturated carbocycles. The summed E-state index contributed by atoms with van der Waals surface area (Å²) in [6.45, 7) is 6.92. The number of ether oxygens (including phenoxy) is 2. The summed E-state index contributed by atoms with van der Waals surface area (Å²) in [7, 11) is 0. The van der Waals surface area contributed by atoms with E-state index in [4.69, 9.17) is 21.7 Å². The van der Waals surface area contributed by atoms with Crippen LogP contribution in [0.5, 0.6) is 5.75 Å². The van der Waals surface area contributed by atoms with Gasteiger partial charge in [0.1, 0.15) is 12.4 Å². The number of carbonyl (C=O) groups excluding carboxylic acids is 1. The molecule has 1 atom stereocenters. The van der Waals surface area contributed by atoms with Crippen molar-refractivity contribution >= 4 is 28.9 Å². The normalized spacial score (nSPS) is 17.6. The van der Waals surface area contributed by atoms with Crippen LogP contribution in [0.1, 0.15) is 33.6 Å². The Kier molecular flexibility index (Phi) is 5.96. The van der Waals surface area contributed by atoms with E-state index in [2.05, 4.69) is 10.6 Å². The molecule has 23 heavy (non-hydrogen) atoms. The lowest BCUT2D eigenvalue weighted by atomic mass is 9.96. The second kappa shape index (κ2) is 7.75. The number of rotatable bonds is 4. The summed E-state index contributed by atoms with van der Waals surface area (Å²) < 4.78 is 11.2. The number of benzene rings is 1. The molecule has 1 heterocycles. The van der Waals surface area contributed by atoms with Crippen LogP contribution in [0.4, 0.5) is 5.69 Å². The van der Waals surface area contributed by atoms with Gasteiger partial charge in [-0.3, -0.25) is 4.79 Å². The molecule has 6 heteroatoms. The maximum absolute atomic E-state index is 11.9. The largest absolute Gasteiger partial charge is 0.491 e. The molecule has 0 bridgehead atoms. The topological polar surface area (TPSA) is 59.6 Å². The molecule has 0 unspecified atom stereocenters. The third-order valence-electron chi connectivity index (χ3n) is 3.48. The van der Waals surface area contributed by atoms with E-state index in [-0.39, 0.29) is 17.1 Å². The summed E-state index contributed by atoms with van der Waals surface area (Å²) in [6, 6.07) is 7.46. The summed E-state index contributed by atoms with van der Waals surface area (Å²) >= 11 is 5.15. The van der Waals surface area contributed by atoms with E-state index in [1.54, 1.807) is 0 Å². The van der Waals surface area contributed by atoms with E-state index in [9.17, 15) is 4.79 Å². The molecule has 1 amide bonds. The Balaban J connectivity index is 1.79. The van der Waals surface area contributed by atoms with E-state index in [1.165, 1.54) is 0 Å². The van der Waals surface area contributed by atoms with E-state index in [0.717, 1.165) is 30.9 Å². The van der Waals surface area contributed by atoms with Crippen LogP contribution < -0.4 is 15.4 Å². The van der Waals surface area contributed by atoms with Gasteiger partial charge in [0.05, 0.1) is 6.10 Å². The van der Waals surface area contributed by atoms with Gasteiger partial charge < -0.3 is 20.1 Å². The Morgan fingerprint density at radius 3 is 2.61 bits per heavy atom. The minimum Gasteiger partial charge on any atom is -0.491 e. The standard InChI is InChI=1S/C17H24N2O3S/c1-17(2,3)15(20)19-16(23)18-12-6-8-13(9-7-12)22-11-14-5-4-10-21-14/h6-9,14H,4-5,10-11H2,1-3H3,(H2,18,19,20,23)/t14-/m1/s1. The molecule has 1 aliphatic rings. The molecule has 0 spiro atoms. The van der Waals surface area contributed by atoms with Gasteiger partial charge in [-0.05, 0) is 49.3 Å². The van der Waals surface area contributed by atoms with Crippen molar-refractivity contribution in [3.63, 3.8) is 0 Å². The van der Waals surface area contributed by atoms with Crippen LogP contribution in [0.15, 0.2) is 24.3 Å². The number of hydrogen-bond donors (Lipinski definition) is 2. The van der Waals surface area contributed by atoms with Crippen molar-refractivity contribution in [3.05, 3.63) is 24.3 Å². The molecule has 1 aromatic carbocycles. The Morgan fingerprint density at radius 2 is 2.04 bits per heavy atom. The molecule has 0 radical (unpaired) electrons. The van der Waals surface area contributed by atoms with E-state index < -0.39 is 5.41 Å². The van der Waals surface area contributed by atoms with Crippen LogP contribution >= 0.6 is 12.2 Å². The number of nitrogens with one attached hydrogen (secondary N) is 2. The molecule has 5 nitrogen and oxygen atoms in total. The van der Waals surface area contributed by atoms with Crippen LogP contribution in [0.3, 0.4) is 0 Å². The van der Waals surface area contributed by atoms with Gasteiger partial charge in [0, 0.05) is 17.7 Å². The van der Waals surface area contributed by atoms with E-state index in [1.807, 2.05) is 45.0 Å². The van der Waals surface area contributed by atoms with Gasteiger partial charge in [-0.1, -0.05) is 20.8 Å². The predicted molar refractivity (Wildman–Crippen MR) is 94.7 cm³/mol. The van der Waals surface area contributed by atoms with Crippen molar-refractivity contribution in [2.24, 2.45) is 5.41 Å². The SMILES string of the molecule is CC(C)(C)C(=O)NC(=S)Nc1ccc(OC[C@H]2CCCO2)cc1. The summed E-state index contributed by atoms with van der Waals surface area (Å²) in [5.41, 5.74) is 0.319. The van der Waals surface area contributed by atoms with E-state index >= 15 is 0 Å². The summed E-state index contributed by atoms with van der Waals surface area (Å²) in [5.74, 6) is 0.669. The fraction of sp³-hybridized carbons (Fsp3) is 0.529. The van der Waals surface area contributed by atoms with Gasteiger partial charge >= 0.3 is 0 Å². The maximum atomic E-state index is 11.9. The number of carbonyl (C=O) groups is 1. The molecule has 1 saturated heterocycles. The van der Waals surface area contributed by atoms with Gasteiger partial charge in [0.25, 0.3) is 0 Å². The lowest BCUT2D eigenvalue weighted by Gasteiger charge is -2.18. The van der Waals surface area contributed by atoms with E-state index in [0.29, 0.717) is 6.61 Å². The van der Waals surface area contributed by atoms with Crippen molar-refractivity contribution in [2.75, 3.05) is 18.5 Å². The van der Waals surface area contributed by atoms with Crippen molar-refractivity contribution in [3.8, 4) is 5.75 Å². The lowest BCUT2D eigenvalue weighted by Crippen LogP contribution is -2.41. The molecular formula is C17H24N2O3S. The summed E-state index contributed by atoms with van der Waals surface area (Å²) in [4.78, 5) is 11.9. The quantitative estimate of drug-likeness (QED) is 0.828. The molecule has 2 N–H and O–H groups in total. The number of amides is 1. The van der Waals surface area contributed by atoms with Crippen LogP contribution in [-0.2, 0) is 9.53 Å². The van der Waals surface area contributed by atoms with Crippen LogP contribution in [0.2, 0.25) is 0 Å². The smallest absolute Gasteiger partial charge is 0.231 e. The first-order chi connectivity index (χ1) is 10.8. The summed E-state index contributed by atoms with van der Waals surface area (Å²) in [6.07, 6.45) is 2.36. The van der Waals surface area contributed by atoms with Crippen molar-refractivity contribution in [1.29, 1.82) is 0 Å². The van der Waals surface area contributed by atoms with Crippen molar-refractivity contribution in [2.45, 2.75) is 39.7 Å². The first-order valence-electron chi connectivity index (χ1n) is 7.81. The Labute approximate surface area is 142 Å². The zero-order chi connectivity index (χ0) is 16.9. The van der Waals surface area contributed by atoms with Gasteiger partial charge in [-0.15, -0.1) is 0 Å². The fourth-order valence-corrected chi connectivity index (χ4v) is 2.26. The van der Waals surface area contributed by atoms with Crippen molar-refractivity contribution in [1.82, 2.24) is 5.32 Å². The second-order valence-corrected chi connectivity index (χ2v) is 7.04. The van der Waals surface area contributed by atoms with Gasteiger partial charge in [-0.25, -0.2) is 0 Å². The zero-order valence-corrected chi connectivity index (χ0v) is 14.7. The molecular weight excluding hydrogens is 312 g/mol. The predicted octanol–water partition coefficient (Wildman–Crippen LogP) is 3.10. The minimum atomic E-state index is -0.480.